The summed E-state index contributed by atoms with van der Waals surface area (Å²) in [6.07, 6.45) is 4.40. The highest BCUT2D eigenvalue weighted by Gasteiger charge is 2.21. The third-order valence-electron chi connectivity index (χ3n) is 5.40. The zero-order chi connectivity index (χ0) is 26.9. The van der Waals surface area contributed by atoms with Gasteiger partial charge in [-0.1, -0.05) is 28.9 Å². The van der Waals surface area contributed by atoms with Crippen LogP contribution in [0.15, 0.2) is 57.4 Å². The molecule has 0 spiro atoms. The molecule has 0 aliphatic heterocycles. The standard InChI is InChI=1S/C28H32BrN3O5/c1-6-10-20-14-19(15-24(35-8-3)26(20)37-18(5)28(34)36-9-4)17-30-32-25(11-7-2)31-23-13-12-21(29)16-22(23)27(32)33/h6,12-18H,1,7-11H2,2-5H3/t18-/m0/s1. The van der Waals surface area contributed by atoms with E-state index in [0.717, 1.165) is 16.5 Å². The van der Waals surface area contributed by atoms with Crippen LogP contribution in [0.3, 0.4) is 0 Å². The molecule has 3 rings (SSSR count). The number of hydrogen-bond acceptors (Lipinski definition) is 7. The molecule has 0 unspecified atom stereocenters. The van der Waals surface area contributed by atoms with Gasteiger partial charge in [0.15, 0.2) is 17.6 Å². The van der Waals surface area contributed by atoms with Crippen molar-refractivity contribution in [1.29, 1.82) is 0 Å². The molecule has 0 saturated carbocycles. The molecule has 0 fully saturated rings. The number of carbonyl (C=O) groups is 1. The summed E-state index contributed by atoms with van der Waals surface area (Å²) in [5, 5.41) is 5.00. The fourth-order valence-corrected chi connectivity index (χ4v) is 4.13. The second-order valence-corrected chi connectivity index (χ2v) is 9.16. The topological polar surface area (TPSA) is 92.0 Å². The maximum absolute atomic E-state index is 13.3. The van der Waals surface area contributed by atoms with Gasteiger partial charge in [0.05, 0.1) is 30.3 Å². The molecule has 0 radical (unpaired) electrons. The Morgan fingerprint density at radius 2 is 2.00 bits per heavy atom. The summed E-state index contributed by atoms with van der Waals surface area (Å²) in [5.74, 6) is 1.03. The average Bonchev–Trinajstić information content (AvgIpc) is 2.86. The van der Waals surface area contributed by atoms with Gasteiger partial charge in [0.25, 0.3) is 5.56 Å². The first kappa shape index (κ1) is 28.1. The van der Waals surface area contributed by atoms with Crippen molar-refractivity contribution < 1.29 is 19.0 Å². The number of hydrogen-bond donors (Lipinski definition) is 0. The highest BCUT2D eigenvalue weighted by Crippen LogP contribution is 2.34. The van der Waals surface area contributed by atoms with Crippen molar-refractivity contribution in [2.45, 2.75) is 53.1 Å². The molecular formula is C28H32BrN3O5. The zero-order valence-electron chi connectivity index (χ0n) is 21.6. The molecule has 0 bridgehead atoms. The van der Waals surface area contributed by atoms with Crippen molar-refractivity contribution in [3.63, 3.8) is 0 Å². The lowest BCUT2D eigenvalue weighted by atomic mass is 10.1. The Kier molecular flexibility index (Phi) is 10.0. The molecule has 0 aliphatic carbocycles. The van der Waals surface area contributed by atoms with Crippen molar-refractivity contribution in [3.05, 3.63) is 74.8 Å². The Morgan fingerprint density at radius 1 is 1.22 bits per heavy atom. The number of aromatic nitrogens is 2. The Labute approximate surface area is 225 Å². The summed E-state index contributed by atoms with van der Waals surface area (Å²) in [7, 11) is 0. The lowest BCUT2D eigenvalue weighted by Crippen LogP contribution is -2.26. The van der Waals surface area contributed by atoms with Crippen LogP contribution in [-0.2, 0) is 22.4 Å². The zero-order valence-corrected chi connectivity index (χ0v) is 23.2. The van der Waals surface area contributed by atoms with Crippen LogP contribution in [-0.4, -0.2) is 41.2 Å². The Hall–Kier alpha value is -3.46. The number of nitrogens with zero attached hydrogens (tertiary/aromatic N) is 3. The van der Waals surface area contributed by atoms with Gasteiger partial charge in [0.1, 0.15) is 5.82 Å². The van der Waals surface area contributed by atoms with Gasteiger partial charge in [-0.2, -0.15) is 9.78 Å². The van der Waals surface area contributed by atoms with Crippen LogP contribution in [0, 0.1) is 0 Å². The molecule has 196 valence electrons. The van der Waals surface area contributed by atoms with Gasteiger partial charge in [-0.15, -0.1) is 6.58 Å². The predicted molar refractivity (Wildman–Crippen MR) is 149 cm³/mol. The fraction of sp³-hybridized carbons (Fsp3) is 0.357. The van der Waals surface area contributed by atoms with Gasteiger partial charge in [-0.25, -0.2) is 9.78 Å². The first-order valence-corrected chi connectivity index (χ1v) is 13.1. The summed E-state index contributed by atoms with van der Waals surface area (Å²) in [5.41, 5.74) is 1.85. The lowest BCUT2D eigenvalue weighted by Gasteiger charge is -2.20. The third kappa shape index (κ3) is 6.85. The summed E-state index contributed by atoms with van der Waals surface area (Å²) < 4.78 is 19.1. The van der Waals surface area contributed by atoms with E-state index in [-0.39, 0.29) is 12.2 Å². The molecule has 37 heavy (non-hydrogen) atoms. The number of ether oxygens (including phenoxy) is 3. The SMILES string of the molecule is C=CCc1cc(C=Nn2c(CCC)nc3ccc(Br)cc3c2=O)cc(OCC)c1O[C@@H](C)C(=O)OCC. The maximum Gasteiger partial charge on any atom is 0.347 e. The molecular weight excluding hydrogens is 538 g/mol. The first-order chi connectivity index (χ1) is 17.8. The van der Waals surface area contributed by atoms with Gasteiger partial charge in [0, 0.05) is 16.5 Å². The number of allylic oxidation sites excluding steroid dienone is 1. The van der Waals surface area contributed by atoms with Crippen LogP contribution in [0.1, 0.15) is 51.1 Å². The number of carbonyl (C=O) groups excluding carboxylic acids is 1. The van der Waals surface area contributed by atoms with E-state index in [4.69, 9.17) is 14.2 Å². The van der Waals surface area contributed by atoms with Crippen LogP contribution in [0.2, 0.25) is 0 Å². The molecule has 0 amide bonds. The van der Waals surface area contributed by atoms with Gasteiger partial charge in [-0.3, -0.25) is 4.79 Å². The molecule has 0 saturated heterocycles. The van der Waals surface area contributed by atoms with E-state index in [0.29, 0.717) is 53.2 Å². The van der Waals surface area contributed by atoms with Crippen molar-refractivity contribution in [1.82, 2.24) is 9.66 Å². The highest BCUT2D eigenvalue weighted by molar-refractivity contribution is 9.10. The van der Waals surface area contributed by atoms with E-state index >= 15 is 0 Å². The molecule has 1 heterocycles. The third-order valence-corrected chi connectivity index (χ3v) is 5.90. The van der Waals surface area contributed by atoms with Crippen molar-refractivity contribution in [2.75, 3.05) is 13.2 Å². The fourth-order valence-electron chi connectivity index (χ4n) is 3.77. The minimum absolute atomic E-state index is 0.245. The van der Waals surface area contributed by atoms with Crippen LogP contribution < -0.4 is 15.0 Å². The first-order valence-electron chi connectivity index (χ1n) is 12.3. The van der Waals surface area contributed by atoms with Gasteiger partial charge >= 0.3 is 5.97 Å². The normalized spacial score (nSPS) is 12.0. The second kappa shape index (κ2) is 13.2. The number of esters is 1. The van der Waals surface area contributed by atoms with Gasteiger partial charge in [0.2, 0.25) is 0 Å². The smallest absolute Gasteiger partial charge is 0.347 e. The molecule has 9 heteroatoms. The van der Waals surface area contributed by atoms with Gasteiger partial charge in [-0.05, 0) is 69.5 Å². The number of fused-ring (bicyclic) bond motifs is 1. The second-order valence-electron chi connectivity index (χ2n) is 8.25. The van der Waals surface area contributed by atoms with Gasteiger partial charge < -0.3 is 14.2 Å². The molecule has 2 aromatic carbocycles. The molecule has 8 nitrogen and oxygen atoms in total. The van der Waals surface area contributed by atoms with Crippen LogP contribution >= 0.6 is 15.9 Å². The summed E-state index contributed by atoms with van der Waals surface area (Å²) in [6, 6.07) is 9.07. The Balaban J connectivity index is 2.09. The Bertz CT molecular complexity index is 1370. The maximum atomic E-state index is 13.3. The Morgan fingerprint density at radius 3 is 2.68 bits per heavy atom. The lowest BCUT2D eigenvalue weighted by molar-refractivity contribution is -0.150. The molecule has 3 aromatic rings. The van der Waals surface area contributed by atoms with E-state index < -0.39 is 12.1 Å². The summed E-state index contributed by atoms with van der Waals surface area (Å²) in [6.45, 7) is 11.8. The van der Waals surface area contributed by atoms with Crippen LogP contribution in [0.5, 0.6) is 11.5 Å². The largest absolute Gasteiger partial charge is 0.490 e. The van der Waals surface area contributed by atoms with E-state index in [1.165, 1.54) is 4.68 Å². The summed E-state index contributed by atoms with van der Waals surface area (Å²) in [4.78, 5) is 30.2. The number of aryl methyl sites for hydroxylation is 1. The monoisotopic (exact) mass is 569 g/mol. The van der Waals surface area contributed by atoms with E-state index in [9.17, 15) is 9.59 Å². The van der Waals surface area contributed by atoms with Crippen molar-refractivity contribution >= 4 is 39.0 Å². The number of halogens is 1. The van der Waals surface area contributed by atoms with E-state index in [1.54, 1.807) is 38.3 Å². The molecule has 1 aromatic heterocycles. The number of benzene rings is 2. The average molecular weight is 570 g/mol. The minimum atomic E-state index is -0.819. The molecule has 1 atom stereocenters. The van der Waals surface area contributed by atoms with Crippen LogP contribution in [0.25, 0.3) is 10.9 Å². The van der Waals surface area contributed by atoms with Crippen molar-refractivity contribution in [3.8, 4) is 11.5 Å². The molecule has 0 aliphatic rings. The number of rotatable bonds is 12. The quantitative estimate of drug-likeness (QED) is 0.163. The highest BCUT2D eigenvalue weighted by atomic mass is 79.9. The summed E-state index contributed by atoms with van der Waals surface area (Å²) >= 11 is 3.43. The van der Waals surface area contributed by atoms with Crippen molar-refractivity contribution in [2.24, 2.45) is 5.10 Å². The van der Waals surface area contributed by atoms with E-state index in [1.807, 2.05) is 32.0 Å². The predicted octanol–water partition coefficient (Wildman–Crippen LogP) is 5.45. The molecule has 0 N–H and O–H groups in total. The van der Waals surface area contributed by atoms with E-state index in [2.05, 4.69) is 32.6 Å². The minimum Gasteiger partial charge on any atom is -0.490 e. The van der Waals surface area contributed by atoms with Crippen LogP contribution in [0.4, 0.5) is 0 Å².